The van der Waals surface area contributed by atoms with Crippen LogP contribution in [0.25, 0.3) is 0 Å². The van der Waals surface area contributed by atoms with E-state index >= 15 is 0 Å². The van der Waals surface area contributed by atoms with Gasteiger partial charge in [0, 0.05) is 0 Å². The van der Waals surface area contributed by atoms with E-state index < -0.39 is 0 Å². The number of hydrogen-bond donors (Lipinski definition) is 0. The minimum absolute atomic E-state index is 0. The molecule has 0 heterocycles. The van der Waals surface area contributed by atoms with Crippen LogP contribution in [0.1, 0.15) is 0 Å². The van der Waals surface area contributed by atoms with Crippen LogP contribution in [0, 0.1) is 0 Å². The fraction of sp³-hybridized carbons (Fsp3) is 0. The summed E-state index contributed by atoms with van der Waals surface area (Å²) < 4.78 is 0. The molecule has 0 aliphatic heterocycles. The van der Waals surface area contributed by atoms with Crippen molar-refractivity contribution in [3.8, 4) is 0 Å². The third-order valence-electron chi connectivity index (χ3n) is 0. The zero-order chi connectivity index (χ0) is 0. The summed E-state index contributed by atoms with van der Waals surface area (Å²) >= 11 is 0. The maximum absolute atomic E-state index is 0. The van der Waals surface area contributed by atoms with Gasteiger partial charge < -0.3 is 27.0 Å². The van der Waals surface area contributed by atoms with E-state index in [0.717, 1.165) is 0 Å². The summed E-state index contributed by atoms with van der Waals surface area (Å²) in [5, 5.41) is 0. The summed E-state index contributed by atoms with van der Waals surface area (Å²) in [7, 11) is 0. The van der Waals surface area contributed by atoms with Crippen LogP contribution in [-0.4, -0.2) is 0 Å². The zero-order valence-corrected chi connectivity index (χ0v) is 9.60. The molecule has 0 aromatic heterocycles. The molecule has 0 aromatic rings. The molecule has 5 heteroatoms. The van der Waals surface area contributed by atoms with E-state index in [9.17, 15) is 0 Å². The smallest absolute Gasteiger partial charge is 2.00 e. The average molecular weight is 222 g/mol. The summed E-state index contributed by atoms with van der Waals surface area (Å²) in [6, 6.07) is 0. The molecule has 0 nitrogen and oxygen atoms in total. The minimum atomic E-state index is 0. The molecule has 1 atom stereocenters. The van der Waals surface area contributed by atoms with Gasteiger partial charge in [0.25, 0.3) is 0 Å². The summed E-state index contributed by atoms with van der Waals surface area (Å²) in [5.41, 5.74) is 0. The molecule has 0 bridgehead atoms. The second-order valence-electron chi connectivity index (χ2n) is 0. The number of rotatable bonds is 0. The van der Waals surface area contributed by atoms with Gasteiger partial charge in [-0.25, -0.2) is 0 Å². The second kappa shape index (κ2) is 30.7. The van der Waals surface area contributed by atoms with Gasteiger partial charge in [0.15, 0.2) is 0 Å². The Bertz CT molecular complexity index is 6.85. The zero-order valence-electron chi connectivity index (χ0n) is 2.64. The monoisotopic (exact) mass is 222 g/mol. The van der Waals surface area contributed by atoms with Gasteiger partial charge in [0.2, 0.25) is 0 Å². The number of thiol groups is 1. The van der Waals surface area contributed by atoms with Crippen molar-refractivity contribution in [2.24, 2.45) is 0 Å². The molecule has 0 amide bonds. The van der Waals surface area contributed by atoms with Gasteiger partial charge in [0.1, 0.15) is 0 Å². The molecular formula is H6PS3Y. The first-order valence-electron chi connectivity index (χ1n) is 0. The van der Waals surface area contributed by atoms with Crippen molar-refractivity contribution in [2.75, 3.05) is 0 Å². The van der Waals surface area contributed by atoms with Crippen LogP contribution in [0.2, 0.25) is 0 Å². The van der Waals surface area contributed by atoms with E-state index in [1.807, 2.05) is 0 Å². The third-order valence-corrected chi connectivity index (χ3v) is 0. The Balaban J connectivity index is 0. The van der Waals surface area contributed by atoms with Crippen LogP contribution in [0.3, 0.4) is 0 Å². The molecule has 0 fully saturated rings. The van der Waals surface area contributed by atoms with Crippen LogP contribution in [0.4, 0.5) is 0 Å². The Morgan fingerprint density at radius 2 is 1.00 bits per heavy atom. The molecule has 0 aromatic carbocycles. The Labute approximate surface area is 82.1 Å². The first kappa shape index (κ1) is 49.2. The molecule has 0 saturated heterocycles. The molecule has 1 unspecified atom stereocenters. The molecule has 0 rings (SSSR count). The summed E-state index contributed by atoms with van der Waals surface area (Å²) in [6.07, 6.45) is 0. The van der Waals surface area contributed by atoms with Gasteiger partial charge in [-0.1, -0.05) is 0 Å². The maximum atomic E-state index is 0. The fourth-order valence-corrected chi connectivity index (χ4v) is 0. The van der Waals surface area contributed by atoms with Crippen molar-refractivity contribution < 1.29 is 32.7 Å². The first-order valence-corrected chi connectivity index (χ1v) is 0. The molecule has 0 saturated carbocycles. The van der Waals surface area contributed by atoms with Gasteiger partial charge in [-0.05, 0) is 0 Å². The Kier molecular flexibility index (Phi) is 303. The summed E-state index contributed by atoms with van der Waals surface area (Å²) in [4.78, 5) is 0. The van der Waals surface area contributed by atoms with Crippen LogP contribution < -0.4 is 0 Å². The van der Waals surface area contributed by atoms with Crippen molar-refractivity contribution >= 4 is 50.4 Å². The predicted octanol–water partition coefficient (Wildman–Crippen LogP) is -0.104. The van der Waals surface area contributed by atoms with Crippen LogP contribution in [0.15, 0.2) is 0 Å². The summed E-state index contributed by atoms with van der Waals surface area (Å²) in [5.74, 6) is 0. The topological polar surface area (TPSA) is 0 Å². The van der Waals surface area contributed by atoms with Gasteiger partial charge in [-0.3, -0.25) is 0 Å². The normalized spacial score (nSPS) is 0. The van der Waals surface area contributed by atoms with E-state index in [0.29, 0.717) is 0 Å². The number of hydrogen-bond acceptors (Lipinski definition) is 1. The molecular weight excluding hydrogens is 216 g/mol. The molecule has 0 aliphatic carbocycles. The standard InChI is InChI=1S/H3P.2H2S.S.Y/h1H3;2*1H2;;/q;;;-2;+3/p-1. The van der Waals surface area contributed by atoms with Crippen LogP contribution >= 0.6 is 23.4 Å². The third kappa shape index (κ3) is 20.7. The molecule has 32 valence electrons. The molecule has 0 spiro atoms. The van der Waals surface area contributed by atoms with Gasteiger partial charge in [0.05, 0.1) is 0 Å². The molecule has 0 aliphatic rings. The van der Waals surface area contributed by atoms with Gasteiger partial charge >= 0.3 is 32.7 Å². The molecule has 0 N–H and O–H groups in total. The van der Waals surface area contributed by atoms with Gasteiger partial charge in [-0.15, -0.1) is 0 Å². The average Bonchev–Trinajstić information content (AvgIpc) is 0. The van der Waals surface area contributed by atoms with E-state index in [1.54, 1.807) is 0 Å². The van der Waals surface area contributed by atoms with E-state index in [1.165, 1.54) is 0 Å². The Morgan fingerprint density at radius 1 is 1.00 bits per heavy atom. The molecule has 0 radical (unpaired) electrons. The Hall–Kier alpha value is 2.58. The summed E-state index contributed by atoms with van der Waals surface area (Å²) in [6.45, 7) is 0. The van der Waals surface area contributed by atoms with Crippen molar-refractivity contribution in [2.45, 2.75) is 0 Å². The minimum Gasteiger partial charge on any atom is -2.00 e. The van der Waals surface area contributed by atoms with E-state index in [4.69, 9.17) is 0 Å². The SMILES string of the molecule is P.S.[S-2].[SH-].[Y+3]. The first-order chi connectivity index (χ1) is 0. The predicted molar refractivity (Wildman–Crippen MR) is 37.6 cm³/mol. The fourth-order valence-electron chi connectivity index (χ4n) is 0. The Morgan fingerprint density at radius 3 is 1.00 bits per heavy atom. The quantitative estimate of drug-likeness (QED) is 0.313. The van der Waals surface area contributed by atoms with Crippen LogP contribution in [0.5, 0.6) is 0 Å². The largest absolute Gasteiger partial charge is 3.00 e. The van der Waals surface area contributed by atoms with Crippen molar-refractivity contribution in [3.63, 3.8) is 0 Å². The second-order valence-corrected chi connectivity index (χ2v) is 0. The molecule has 5 heavy (non-hydrogen) atoms. The maximum Gasteiger partial charge on any atom is 3.00 e. The van der Waals surface area contributed by atoms with Crippen molar-refractivity contribution in [1.82, 2.24) is 0 Å². The van der Waals surface area contributed by atoms with Crippen LogP contribution in [-0.2, 0) is 59.7 Å². The van der Waals surface area contributed by atoms with Gasteiger partial charge in [-0.2, -0.15) is 23.4 Å². The van der Waals surface area contributed by atoms with E-state index in [-0.39, 0.29) is 83.1 Å². The van der Waals surface area contributed by atoms with Crippen molar-refractivity contribution in [3.05, 3.63) is 0 Å². The van der Waals surface area contributed by atoms with E-state index in [2.05, 4.69) is 0 Å². The van der Waals surface area contributed by atoms with Crippen molar-refractivity contribution in [1.29, 1.82) is 0 Å².